The highest BCUT2D eigenvalue weighted by Gasteiger charge is 2.38. The van der Waals surface area contributed by atoms with E-state index in [1.807, 2.05) is 65.0 Å². The molecule has 0 bridgehead atoms. The SMILES string of the molecule is C=CCOC1(C)CCN(c2c([C@H](OC(C)(C)C)C(=O)OC)c(C)nc3cc(-c4cccc(-c5cc(F)c(F)cc5O[C@@H](C)CC=C)c4)nn23)CC1. The molecule has 1 fully saturated rings. The van der Waals surface area contributed by atoms with E-state index in [2.05, 4.69) is 25.0 Å². The first-order valence-corrected chi connectivity index (χ1v) is 17.2. The third kappa shape index (κ3) is 8.48. The summed E-state index contributed by atoms with van der Waals surface area (Å²) >= 11 is 0. The summed E-state index contributed by atoms with van der Waals surface area (Å²) in [4.78, 5) is 20.5. The van der Waals surface area contributed by atoms with Gasteiger partial charge in [0.15, 0.2) is 23.4 Å². The highest BCUT2D eigenvalue weighted by molar-refractivity contribution is 5.81. The molecule has 0 aliphatic carbocycles. The first kappa shape index (κ1) is 37.6. The highest BCUT2D eigenvalue weighted by Crippen LogP contribution is 2.40. The van der Waals surface area contributed by atoms with Gasteiger partial charge in [-0.25, -0.2) is 18.6 Å². The van der Waals surface area contributed by atoms with Crippen LogP contribution in [0.1, 0.15) is 71.2 Å². The highest BCUT2D eigenvalue weighted by atomic mass is 19.2. The second-order valence-electron chi connectivity index (χ2n) is 14.2. The largest absolute Gasteiger partial charge is 0.490 e. The van der Waals surface area contributed by atoms with Crippen molar-refractivity contribution >= 4 is 17.4 Å². The van der Waals surface area contributed by atoms with E-state index in [1.165, 1.54) is 7.11 Å². The molecule has 9 nitrogen and oxygen atoms in total. The fraction of sp³-hybridized carbons (Fsp3) is 0.425. The lowest BCUT2D eigenvalue weighted by Crippen LogP contribution is -2.45. The van der Waals surface area contributed by atoms with Crippen molar-refractivity contribution in [3.8, 4) is 28.1 Å². The molecule has 1 aliphatic heterocycles. The predicted molar refractivity (Wildman–Crippen MR) is 195 cm³/mol. The average molecular weight is 703 g/mol. The summed E-state index contributed by atoms with van der Waals surface area (Å²) in [6.45, 7) is 20.7. The number of carbonyl (C=O) groups is 1. The van der Waals surface area contributed by atoms with Gasteiger partial charge in [0.1, 0.15) is 11.6 Å². The third-order valence-corrected chi connectivity index (χ3v) is 8.94. The van der Waals surface area contributed by atoms with E-state index >= 15 is 0 Å². The van der Waals surface area contributed by atoms with Gasteiger partial charge >= 0.3 is 5.97 Å². The van der Waals surface area contributed by atoms with Crippen LogP contribution in [0.3, 0.4) is 0 Å². The molecule has 2 aromatic heterocycles. The van der Waals surface area contributed by atoms with Gasteiger partial charge in [0, 0.05) is 48.5 Å². The number of anilines is 1. The predicted octanol–water partition coefficient (Wildman–Crippen LogP) is 8.58. The fourth-order valence-corrected chi connectivity index (χ4v) is 6.35. The van der Waals surface area contributed by atoms with Crippen molar-refractivity contribution in [2.24, 2.45) is 0 Å². The molecule has 3 heterocycles. The first-order chi connectivity index (χ1) is 24.2. The summed E-state index contributed by atoms with van der Waals surface area (Å²) in [6.07, 6.45) is 4.09. The zero-order valence-corrected chi connectivity index (χ0v) is 30.6. The van der Waals surface area contributed by atoms with E-state index in [-0.39, 0.29) is 17.5 Å². The van der Waals surface area contributed by atoms with Crippen LogP contribution in [0.2, 0.25) is 0 Å². The number of ether oxygens (including phenoxy) is 4. The first-order valence-electron chi connectivity index (χ1n) is 17.2. The second kappa shape index (κ2) is 15.3. The molecule has 4 aromatic rings. The minimum Gasteiger partial charge on any atom is -0.490 e. The minimum atomic E-state index is -1.07. The number of methoxy groups -OCH3 is 1. The van der Waals surface area contributed by atoms with Crippen LogP contribution in [0.4, 0.5) is 14.6 Å². The third-order valence-electron chi connectivity index (χ3n) is 8.94. The summed E-state index contributed by atoms with van der Waals surface area (Å²) in [5, 5.41) is 5.06. The van der Waals surface area contributed by atoms with E-state index in [4.69, 9.17) is 29.0 Å². The van der Waals surface area contributed by atoms with Crippen molar-refractivity contribution in [1.29, 1.82) is 0 Å². The molecule has 2 atom stereocenters. The molecule has 0 saturated carbocycles. The van der Waals surface area contributed by atoms with E-state index in [0.717, 1.165) is 30.5 Å². The summed E-state index contributed by atoms with van der Waals surface area (Å²) in [6, 6.07) is 11.5. The van der Waals surface area contributed by atoms with E-state index in [0.29, 0.717) is 65.7 Å². The van der Waals surface area contributed by atoms with Gasteiger partial charge in [0.2, 0.25) is 0 Å². The quantitative estimate of drug-likeness (QED) is 0.101. The Balaban J connectivity index is 1.65. The number of fused-ring (bicyclic) bond motifs is 1. The standard InChI is InChI=1S/C40H48F2N4O5/c1-10-13-25(3)50-33-23-31(42)30(41)22-29(33)27-14-12-15-28(21-27)32-24-34-43-26(4)35(36(38(47)48-9)51-39(5,6)7)37(46(34)44-32)45-18-16-40(8,17-19-45)49-20-11-2/h10-12,14-15,21-25,36H,1-2,13,16-20H2,3-9H3/t25-,36-/m0/s1. The number of hydrogen-bond acceptors (Lipinski definition) is 8. The molecular formula is C40H48F2N4O5. The van der Waals surface area contributed by atoms with Crippen molar-refractivity contribution in [3.63, 3.8) is 0 Å². The number of nitrogens with zero attached hydrogens (tertiary/aromatic N) is 4. The van der Waals surface area contributed by atoms with E-state index < -0.39 is 29.3 Å². The number of rotatable bonds is 13. The molecule has 11 heteroatoms. The van der Waals surface area contributed by atoms with Gasteiger partial charge in [0.05, 0.1) is 42.3 Å². The van der Waals surface area contributed by atoms with Crippen molar-refractivity contribution in [3.05, 3.63) is 90.7 Å². The van der Waals surface area contributed by atoms with Crippen LogP contribution in [-0.4, -0.2) is 64.7 Å². The van der Waals surface area contributed by atoms with Crippen LogP contribution in [0.25, 0.3) is 28.0 Å². The monoisotopic (exact) mass is 702 g/mol. The number of aromatic nitrogens is 3. The van der Waals surface area contributed by atoms with Crippen LogP contribution < -0.4 is 9.64 Å². The zero-order chi connectivity index (χ0) is 37.1. The van der Waals surface area contributed by atoms with Gasteiger partial charge in [-0.1, -0.05) is 30.4 Å². The maximum atomic E-state index is 14.6. The van der Waals surface area contributed by atoms with Gasteiger partial charge in [0.25, 0.3) is 0 Å². The molecule has 1 saturated heterocycles. The number of carbonyl (C=O) groups excluding carboxylic acids is 1. The molecule has 272 valence electrons. The average Bonchev–Trinajstić information content (AvgIpc) is 3.51. The Bertz CT molecular complexity index is 1910. The normalized spacial score (nSPS) is 15.7. The number of aryl methyl sites for hydroxylation is 1. The van der Waals surface area contributed by atoms with Crippen molar-refractivity contribution in [2.75, 3.05) is 31.7 Å². The molecular weight excluding hydrogens is 654 g/mol. The summed E-state index contributed by atoms with van der Waals surface area (Å²) in [5.74, 6) is -1.61. The van der Waals surface area contributed by atoms with Crippen molar-refractivity contribution in [1.82, 2.24) is 14.6 Å². The van der Waals surface area contributed by atoms with Gasteiger partial charge in [-0.3, -0.25) is 0 Å². The Labute approximate surface area is 298 Å². The van der Waals surface area contributed by atoms with Crippen LogP contribution in [0, 0.1) is 18.6 Å². The van der Waals surface area contributed by atoms with Gasteiger partial charge < -0.3 is 23.8 Å². The number of hydrogen-bond donors (Lipinski definition) is 0. The Kier molecular flexibility index (Phi) is 11.3. The molecule has 2 aromatic carbocycles. The molecule has 0 N–H and O–H groups in total. The Morgan fingerprint density at radius 3 is 2.39 bits per heavy atom. The second-order valence-corrected chi connectivity index (χ2v) is 14.2. The summed E-state index contributed by atoms with van der Waals surface area (Å²) in [7, 11) is 1.34. The molecule has 0 radical (unpaired) electrons. The lowest BCUT2D eigenvalue weighted by atomic mass is 9.92. The number of halogens is 2. The Morgan fingerprint density at radius 2 is 1.75 bits per heavy atom. The van der Waals surface area contributed by atoms with Crippen LogP contribution in [0.15, 0.2) is 67.8 Å². The molecule has 0 amide bonds. The minimum absolute atomic E-state index is 0.224. The van der Waals surface area contributed by atoms with Gasteiger partial charge in [-0.05, 0) is 72.1 Å². The fourth-order valence-electron chi connectivity index (χ4n) is 6.35. The molecule has 51 heavy (non-hydrogen) atoms. The molecule has 1 aliphatic rings. The number of piperidine rings is 1. The number of benzene rings is 2. The Morgan fingerprint density at radius 1 is 1.06 bits per heavy atom. The van der Waals surface area contributed by atoms with E-state index in [9.17, 15) is 13.6 Å². The van der Waals surface area contributed by atoms with Crippen LogP contribution in [-0.2, 0) is 19.0 Å². The molecule has 0 spiro atoms. The lowest BCUT2D eigenvalue weighted by molar-refractivity contribution is -0.164. The maximum absolute atomic E-state index is 14.6. The smallest absolute Gasteiger partial charge is 0.339 e. The van der Waals surface area contributed by atoms with Gasteiger partial charge in [-0.2, -0.15) is 9.61 Å². The van der Waals surface area contributed by atoms with Crippen LogP contribution in [0.5, 0.6) is 5.75 Å². The van der Waals surface area contributed by atoms with Crippen molar-refractivity contribution < 1.29 is 32.5 Å². The number of esters is 1. The topological polar surface area (TPSA) is 87.4 Å². The van der Waals surface area contributed by atoms with Crippen molar-refractivity contribution in [2.45, 2.75) is 84.2 Å². The lowest BCUT2D eigenvalue weighted by Gasteiger charge is -2.41. The maximum Gasteiger partial charge on any atom is 0.339 e. The van der Waals surface area contributed by atoms with Gasteiger partial charge in [-0.15, -0.1) is 13.2 Å². The van der Waals surface area contributed by atoms with Crippen LogP contribution >= 0.6 is 0 Å². The molecule has 0 unspecified atom stereocenters. The van der Waals surface area contributed by atoms with E-state index in [1.54, 1.807) is 16.7 Å². The Hall–Kier alpha value is -4.61. The molecule has 5 rings (SSSR count). The zero-order valence-electron chi connectivity index (χ0n) is 30.6. The summed E-state index contributed by atoms with van der Waals surface area (Å²) in [5.41, 5.74) is 3.06. The summed E-state index contributed by atoms with van der Waals surface area (Å²) < 4.78 is 54.6.